The zero-order valence-corrected chi connectivity index (χ0v) is 11.9. The van der Waals surface area contributed by atoms with Gasteiger partial charge in [0.05, 0.1) is 4.88 Å². The highest BCUT2D eigenvalue weighted by Gasteiger charge is 2.24. The van der Waals surface area contributed by atoms with Crippen LogP contribution < -0.4 is 5.32 Å². The Morgan fingerprint density at radius 2 is 2.00 bits per heavy atom. The molecule has 2 heterocycles. The fourth-order valence-electron chi connectivity index (χ4n) is 2.25. The molecule has 0 saturated carbocycles. The number of rotatable bonds is 1. The Balaban J connectivity index is 1.91. The van der Waals surface area contributed by atoms with E-state index in [4.69, 9.17) is 0 Å². The Labute approximate surface area is 121 Å². The number of hydrogen-bond donors (Lipinski definition) is 1. The number of nitrogens with zero attached hydrogens (tertiary/aromatic N) is 1. The van der Waals surface area contributed by atoms with Crippen molar-refractivity contribution in [3.8, 4) is 0 Å². The normalized spacial score (nSPS) is 14.4. The van der Waals surface area contributed by atoms with Gasteiger partial charge in [-0.05, 0) is 30.7 Å². The van der Waals surface area contributed by atoms with Gasteiger partial charge >= 0.3 is 0 Å². The molecule has 5 heteroatoms. The van der Waals surface area contributed by atoms with Crippen LogP contribution in [-0.4, -0.2) is 23.3 Å². The lowest BCUT2D eigenvalue weighted by atomic mass is 10.1. The predicted molar refractivity (Wildman–Crippen MR) is 78.9 cm³/mol. The number of carbonyl (C=O) groups is 2. The molecule has 20 heavy (non-hydrogen) atoms. The Hall–Kier alpha value is -2.14. The van der Waals surface area contributed by atoms with Gasteiger partial charge in [-0.3, -0.25) is 9.59 Å². The van der Waals surface area contributed by atoms with Crippen molar-refractivity contribution >= 4 is 28.8 Å². The number of fused-ring (bicyclic) bond motifs is 1. The highest BCUT2D eigenvalue weighted by Crippen LogP contribution is 2.23. The van der Waals surface area contributed by atoms with Crippen molar-refractivity contribution in [2.75, 3.05) is 11.9 Å². The molecule has 0 saturated heterocycles. The van der Waals surface area contributed by atoms with Gasteiger partial charge in [0.15, 0.2) is 0 Å². The number of para-hydroxylation sites is 1. The van der Waals surface area contributed by atoms with Gasteiger partial charge in [0.2, 0.25) is 5.91 Å². The molecular weight excluding hydrogens is 272 g/mol. The molecule has 0 bridgehead atoms. The lowest BCUT2D eigenvalue weighted by Gasteiger charge is -2.18. The summed E-state index contributed by atoms with van der Waals surface area (Å²) in [6, 6.07) is 11.3. The molecule has 1 aliphatic rings. The molecule has 1 aliphatic heterocycles. The van der Waals surface area contributed by atoms with E-state index in [9.17, 15) is 9.59 Å². The van der Waals surface area contributed by atoms with E-state index in [-0.39, 0.29) is 18.4 Å². The summed E-state index contributed by atoms with van der Waals surface area (Å²) >= 11 is 1.46. The quantitative estimate of drug-likeness (QED) is 0.876. The van der Waals surface area contributed by atoms with Crippen molar-refractivity contribution in [1.29, 1.82) is 0 Å². The van der Waals surface area contributed by atoms with Crippen LogP contribution in [0.15, 0.2) is 36.4 Å². The molecule has 1 N–H and O–H groups in total. The number of anilines is 1. The van der Waals surface area contributed by atoms with Crippen molar-refractivity contribution in [3.63, 3.8) is 0 Å². The maximum absolute atomic E-state index is 12.5. The van der Waals surface area contributed by atoms with E-state index in [2.05, 4.69) is 5.32 Å². The first kappa shape index (κ1) is 12.9. The van der Waals surface area contributed by atoms with E-state index in [0.29, 0.717) is 11.4 Å². The Bertz CT molecular complexity index is 678. The maximum Gasteiger partial charge on any atom is 0.264 e. The standard InChI is InChI=1S/C15H14N2O2S/c1-10-6-7-13(20-10)15(19)17-8-11-4-2-3-5-12(11)16-14(18)9-17/h2-7H,8-9H2,1H3,(H,16,18). The number of benzene rings is 1. The molecule has 102 valence electrons. The average Bonchev–Trinajstić information content (AvgIpc) is 2.77. The predicted octanol–water partition coefficient (Wildman–Crippen LogP) is 2.65. The number of amides is 2. The van der Waals surface area contributed by atoms with Crippen LogP contribution in [0.1, 0.15) is 20.1 Å². The molecule has 0 radical (unpaired) electrons. The van der Waals surface area contributed by atoms with Gasteiger partial charge in [-0.15, -0.1) is 11.3 Å². The topological polar surface area (TPSA) is 49.4 Å². The van der Waals surface area contributed by atoms with Crippen molar-refractivity contribution in [2.24, 2.45) is 0 Å². The third-order valence-corrected chi connectivity index (χ3v) is 4.21. The molecule has 4 nitrogen and oxygen atoms in total. The highest BCUT2D eigenvalue weighted by molar-refractivity contribution is 7.13. The molecule has 2 aromatic rings. The SMILES string of the molecule is Cc1ccc(C(=O)N2CC(=O)Nc3ccccc3C2)s1. The van der Waals surface area contributed by atoms with Crippen LogP contribution in [0.2, 0.25) is 0 Å². The van der Waals surface area contributed by atoms with Crippen LogP contribution in [0.4, 0.5) is 5.69 Å². The number of carbonyl (C=O) groups excluding carboxylic acids is 2. The van der Waals surface area contributed by atoms with Crippen molar-refractivity contribution < 1.29 is 9.59 Å². The number of nitrogens with one attached hydrogen (secondary N) is 1. The summed E-state index contributed by atoms with van der Waals surface area (Å²) in [6.07, 6.45) is 0. The van der Waals surface area contributed by atoms with E-state index in [1.807, 2.05) is 43.3 Å². The van der Waals surface area contributed by atoms with Crippen LogP contribution in [-0.2, 0) is 11.3 Å². The van der Waals surface area contributed by atoms with Crippen molar-refractivity contribution in [2.45, 2.75) is 13.5 Å². The molecule has 0 atom stereocenters. The largest absolute Gasteiger partial charge is 0.324 e. The fourth-order valence-corrected chi connectivity index (χ4v) is 3.09. The highest BCUT2D eigenvalue weighted by atomic mass is 32.1. The van der Waals surface area contributed by atoms with Gasteiger partial charge in [0, 0.05) is 17.1 Å². The summed E-state index contributed by atoms with van der Waals surface area (Å²) in [5, 5.41) is 2.83. The molecule has 0 spiro atoms. The minimum atomic E-state index is -0.156. The third kappa shape index (κ3) is 2.44. The van der Waals surface area contributed by atoms with Gasteiger partial charge in [0.1, 0.15) is 6.54 Å². The Kier molecular flexibility index (Phi) is 3.28. The van der Waals surface area contributed by atoms with E-state index < -0.39 is 0 Å². The van der Waals surface area contributed by atoms with Gasteiger partial charge < -0.3 is 10.2 Å². The lowest BCUT2D eigenvalue weighted by Crippen LogP contribution is -2.34. The fraction of sp³-hybridized carbons (Fsp3) is 0.200. The van der Waals surface area contributed by atoms with Crippen molar-refractivity contribution in [1.82, 2.24) is 4.90 Å². The Morgan fingerprint density at radius 1 is 1.20 bits per heavy atom. The molecule has 1 aromatic carbocycles. The second-order valence-electron chi connectivity index (χ2n) is 4.78. The Morgan fingerprint density at radius 3 is 2.75 bits per heavy atom. The monoisotopic (exact) mass is 286 g/mol. The first-order chi connectivity index (χ1) is 9.63. The van der Waals surface area contributed by atoms with E-state index in [1.165, 1.54) is 11.3 Å². The second kappa shape index (κ2) is 5.09. The number of thiophene rings is 1. The van der Waals surface area contributed by atoms with Crippen LogP contribution in [0.3, 0.4) is 0 Å². The summed E-state index contributed by atoms with van der Waals surface area (Å²) in [6.45, 7) is 2.50. The number of aryl methyl sites for hydroxylation is 1. The number of hydrogen-bond acceptors (Lipinski definition) is 3. The van der Waals surface area contributed by atoms with Gasteiger partial charge in [-0.25, -0.2) is 0 Å². The van der Waals surface area contributed by atoms with Crippen LogP contribution >= 0.6 is 11.3 Å². The van der Waals surface area contributed by atoms with E-state index in [0.717, 1.165) is 16.1 Å². The molecule has 0 aliphatic carbocycles. The molecular formula is C15H14N2O2S. The summed E-state index contributed by atoms with van der Waals surface area (Å²) in [7, 11) is 0. The molecule has 3 rings (SSSR count). The third-order valence-electron chi connectivity index (χ3n) is 3.23. The second-order valence-corrected chi connectivity index (χ2v) is 6.06. The maximum atomic E-state index is 12.5. The zero-order valence-electron chi connectivity index (χ0n) is 11.1. The van der Waals surface area contributed by atoms with E-state index in [1.54, 1.807) is 4.90 Å². The van der Waals surface area contributed by atoms with Crippen LogP contribution in [0.25, 0.3) is 0 Å². The van der Waals surface area contributed by atoms with Gasteiger partial charge in [-0.2, -0.15) is 0 Å². The molecule has 2 amide bonds. The van der Waals surface area contributed by atoms with Gasteiger partial charge in [0.25, 0.3) is 5.91 Å². The first-order valence-corrected chi connectivity index (χ1v) is 7.18. The smallest absolute Gasteiger partial charge is 0.264 e. The lowest BCUT2D eigenvalue weighted by molar-refractivity contribution is -0.116. The minimum absolute atomic E-state index is 0.0878. The summed E-state index contributed by atoms with van der Waals surface area (Å²) < 4.78 is 0. The first-order valence-electron chi connectivity index (χ1n) is 6.37. The summed E-state index contributed by atoms with van der Waals surface area (Å²) in [4.78, 5) is 27.7. The average molecular weight is 286 g/mol. The summed E-state index contributed by atoms with van der Waals surface area (Å²) in [5.74, 6) is -0.244. The van der Waals surface area contributed by atoms with Crippen LogP contribution in [0.5, 0.6) is 0 Å². The molecule has 1 aromatic heterocycles. The zero-order chi connectivity index (χ0) is 14.1. The van der Waals surface area contributed by atoms with Gasteiger partial charge in [-0.1, -0.05) is 18.2 Å². The summed E-state index contributed by atoms with van der Waals surface area (Å²) in [5.41, 5.74) is 1.75. The minimum Gasteiger partial charge on any atom is -0.324 e. The van der Waals surface area contributed by atoms with Crippen molar-refractivity contribution in [3.05, 3.63) is 51.7 Å². The molecule has 0 fully saturated rings. The van der Waals surface area contributed by atoms with E-state index >= 15 is 0 Å². The van der Waals surface area contributed by atoms with Crippen LogP contribution in [0, 0.1) is 6.92 Å². The molecule has 0 unspecified atom stereocenters.